The molecule has 0 aliphatic carbocycles. The maximum atomic E-state index is 12.0. The van der Waals surface area contributed by atoms with Crippen LogP contribution in [0.5, 0.6) is 0 Å². The van der Waals surface area contributed by atoms with Gasteiger partial charge < -0.3 is 14.4 Å². The lowest BCUT2D eigenvalue weighted by molar-refractivity contribution is 0.0219. The Morgan fingerprint density at radius 1 is 1.15 bits per heavy atom. The molecule has 1 aromatic heterocycles. The van der Waals surface area contributed by atoms with Crippen molar-refractivity contribution in [1.29, 1.82) is 0 Å². The van der Waals surface area contributed by atoms with Crippen LogP contribution < -0.4 is 5.63 Å². The minimum absolute atomic E-state index is 0.00845. The molecule has 3 rings (SSSR count). The van der Waals surface area contributed by atoms with E-state index >= 15 is 0 Å². The predicted octanol–water partition coefficient (Wildman–Crippen LogP) is 2.55. The number of fused-ring (bicyclic) bond motifs is 1. The van der Waals surface area contributed by atoms with Crippen molar-refractivity contribution in [2.24, 2.45) is 5.41 Å². The van der Waals surface area contributed by atoms with Gasteiger partial charge in [-0.15, -0.1) is 0 Å². The molecule has 1 N–H and O–H groups in total. The van der Waals surface area contributed by atoms with Gasteiger partial charge in [0.15, 0.2) is 0 Å². The summed E-state index contributed by atoms with van der Waals surface area (Å²) in [6.07, 6.45) is 1.94. The van der Waals surface area contributed by atoms with E-state index in [1.807, 2.05) is 13.0 Å². The number of likely N-dealkylation sites (tertiary alicyclic amines) is 1. The van der Waals surface area contributed by atoms with Crippen LogP contribution in [0.3, 0.4) is 0 Å². The fourth-order valence-electron chi connectivity index (χ4n) is 4.08. The van der Waals surface area contributed by atoms with Gasteiger partial charge in [-0.05, 0) is 82.7 Å². The smallest absolute Gasteiger partial charge is 0.336 e. The summed E-state index contributed by atoms with van der Waals surface area (Å²) in [5, 5.41) is 10.9. The zero-order valence-electron chi connectivity index (χ0n) is 16.3. The Morgan fingerprint density at radius 3 is 2.42 bits per heavy atom. The molecular formula is C21H30N2O3. The molecule has 5 heteroatoms. The van der Waals surface area contributed by atoms with Crippen molar-refractivity contribution >= 4 is 11.0 Å². The summed E-state index contributed by atoms with van der Waals surface area (Å²) in [5.74, 6) is 0. The van der Waals surface area contributed by atoms with Crippen LogP contribution in [0.4, 0.5) is 0 Å². The van der Waals surface area contributed by atoms with Gasteiger partial charge in [0.1, 0.15) is 5.58 Å². The standard InChI is InChI=1S/C21H30N2O3/c1-15-9-18-17(11-20(25)26-19(18)10-16(15)2)12-23-7-5-21(14-24,6-8-23)13-22(3)4/h9-11,24H,5-8,12-14H2,1-4H3. The Kier molecular flexibility index (Phi) is 5.51. The van der Waals surface area contributed by atoms with E-state index < -0.39 is 0 Å². The van der Waals surface area contributed by atoms with Crippen LogP contribution in [0.2, 0.25) is 0 Å². The van der Waals surface area contributed by atoms with E-state index in [4.69, 9.17) is 4.42 Å². The molecule has 26 heavy (non-hydrogen) atoms. The molecule has 1 fully saturated rings. The highest BCUT2D eigenvalue weighted by atomic mass is 16.4. The summed E-state index contributed by atoms with van der Waals surface area (Å²) in [5.41, 5.74) is 3.74. The van der Waals surface area contributed by atoms with Crippen molar-refractivity contribution < 1.29 is 9.52 Å². The minimum atomic E-state index is -0.287. The van der Waals surface area contributed by atoms with Crippen LogP contribution >= 0.6 is 0 Å². The summed E-state index contributed by atoms with van der Waals surface area (Å²) >= 11 is 0. The average molecular weight is 358 g/mol. The Bertz CT molecular complexity index is 833. The number of aliphatic hydroxyl groups excluding tert-OH is 1. The van der Waals surface area contributed by atoms with E-state index in [9.17, 15) is 9.90 Å². The molecule has 1 aliphatic rings. The number of aryl methyl sites for hydroxylation is 2. The zero-order valence-corrected chi connectivity index (χ0v) is 16.3. The molecule has 1 aliphatic heterocycles. The lowest BCUT2D eigenvalue weighted by atomic mass is 9.78. The Balaban J connectivity index is 1.80. The first-order valence-corrected chi connectivity index (χ1v) is 9.34. The van der Waals surface area contributed by atoms with Gasteiger partial charge in [-0.1, -0.05) is 0 Å². The zero-order chi connectivity index (χ0) is 18.9. The first-order chi connectivity index (χ1) is 12.3. The predicted molar refractivity (Wildman–Crippen MR) is 105 cm³/mol. The molecule has 0 atom stereocenters. The summed E-state index contributed by atoms with van der Waals surface area (Å²) in [7, 11) is 4.12. The van der Waals surface area contributed by atoms with Crippen molar-refractivity contribution in [3.8, 4) is 0 Å². The van der Waals surface area contributed by atoms with Crippen LogP contribution in [0.25, 0.3) is 11.0 Å². The lowest BCUT2D eigenvalue weighted by Gasteiger charge is -2.42. The number of nitrogens with zero attached hydrogens (tertiary/aromatic N) is 2. The fourth-order valence-corrected chi connectivity index (χ4v) is 4.08. The van der Waals surface area contributed by atoms with Crippen molar-refractivity contribution in [3.63, 3.8) is 0 Å². The van der Waals surface area contributed by atoms with Crippen LogP contribution in [0.1, 0.15) is 29.5 Å². The van der Waals surface area contributed by atoms with Crippen molar-refractivity contribution in [2.45, 2.75) is 33.2 Å². The lowest BCUT2D eigenvalue weighted by Crippen LogP contribution is -2.46. The van der Waals surface area contributed by atoms with Gasteiger partial charge in [0.05, 0.1) is 6.61 Å². The summed E-state index contributed by atoms with van der Waals surface area (Å²) in [4.78, 5) is 16.5. The van der Waals surface area contributed by atoms with E-state index in [0.717, 1.165) is 55.5 Å². The monoisotopic (exact) mass is 358 g/mol. The highest BCUT2D eigenvalue weighted by Gasteiger charge is 2.34. The fraction of sp³-hybridized carbons (Fsp3) is 0.571. The topological polar surface area (TPSA) is 56.9 Å². The van der Waals surface area contributed by atoms with Crippen molar-refractivity contribution in [1.82, 2.24) is 9.80 Å². The molecule has 5 nitrogen and oxygen atoms in total. The third-order valence-electron chi connectivity index (χ3n) is 5.74. The summed E-state index contributed by atoms with van der Waals surface area (Å²) in [6, 6.07) is 5.71. The summed E-state index contributed by atoms with van der Waals surface area (Å²) < 4.78 is 5.41. The number of hydrogen-bond donors (Lipinski definition) is 1. The van der Waals surface area contributed by atoms with Gasteiger partial charge in [0.25, 0.3) is 0 Å². The van der Waals surface area contributed by atoms with E-state index in [1.165, 1.54) is 5.56 Å². The minimum Gasteiger partial charge on any atom is -0.423 e. The maximum Gasteiger partial charge on any atom is 0.336 e. The second-order valence-electron chi connectivity index (χ2n) is 8.20. The first kappa shape index (κ1) is 19.1. The number of hydrogen-bond acceptors (Lipinski definition) is 5. The highest BCUT2D eigenvalue weighted by molar-refractivity contribution is 5.81. The number of aliphatic hydroxyl groups is 1. The Labute approximate surface area is 155 Å². The average Bonchev–Trinajstić information content (AvgIpc) is 2.58. The molecule has 1 aromatic carbocycles. The third kappa shape index (κ3) is 4.00. The molecule has 0 amide bonds. The number of rotatable bonds is 5. The van der Waals surface area contributed by atoms with Gasteiger partial charge in [-0.2, -0.15) is 0 Å². The van der Waals surface area contributed by atoms with Crippen LogP contribution in [0.15, 0.2) is 27.4 Å². The molecule has 0 saturated carbocycles. The van der Waals surface area contributed by atoms with Gasteiger partial charge >= 0.3 is 5.63 Å². The first-order valence-electron chi connectivity index (χ1n) is 9.34. The van der Waals surface area contributed by atoms with Crippen molar-refractivity contribution in [3.05, 3.63) is 45.3 Å². The highest BCUT2D eigenvalue weighted by Crippen LogP contribution is 2.32. The molecule has 0 bridgehead atoms. The molecule has 2 heterocycles. The van der Waals surface area contributed by atoms with Gasteiger partial charge in [-0.25, -0.2) is 4.79 Å². The second kappa shape index (κ2) is 7.51. The van der Waals surface area contributed by atoms with E-state index in [0.29, 0.717) is 5.58 Å². The third-order valence-corrected chi connectivity index (χ3v) is 5.74. The SMILES string of the molecule is Cc1cc2oc(=O)cc(CN3CCC(CO)(CN(C)C)CC3)c2cc1C. The number of benzene rings is 1. The molecule has 0 spiro atoms. The molecular weight excluding hydrogens is 328 g/mol. The quantitative estimate of drug-likeness (QED) is 0.833. The largest absolute Gasteiger partial charge is 0.423 e. The molecule has 1 saturated heterocycles. The van der Waals surface area contributed by atoms with Crippen molar-refractivity contribution in [2.75, 3.05) is 40.3 Å². The second-order valence-corrected chi connectivity index (χ2v) is 8.20. The van der Waals surface area contributed by atoms with Gasteiger partial charge in [0.2, 0.25) is 0 Å². The maximum absolute atomic E-state index is 12.0. The van der Waals surface area contributed by atoms with E-state index in [1.54, 1.807) is 6.07 Å². The van der Waals surface area contributed by atoms with Crippen LogP contribution in [-0.4, -0.2) is 55.2 Å². The Morgan fingerprint density at radius 2 is 1.81 bits per heavy atom. The van der Waals surface area contributed by atoms with Gasteiger partial charge in [-0.3, -0.25) is 4.90 Å². The molecule has 0 radical (unpaired) electrons. The van der Waals surface area contributed by atoms with Gasteiger partial charge in [0, 0.05) is 30.0 Å². The molecule has 2 aromatic rings. The van der Waals surface area contributed by atoms with Crippen LogP contribution in [-0.2, 0) is 6.54 Å². The number of piperidine rings is 1. The van der Waals surface area contributed by atoms with E-state index in [2.05, 4.69) is 36.9 Å². The van der Waals surface area contributed by atoms with E-state index in [-0.39, 0.29) is 17.6 Å². The summed E-state index contributed by atoms with van der Waals surface area (Å²) in [6.45, 7) is 7.87. The molecule has 0 unspecified atom stereocenters. The Hall–Kier alpha value is -1.69. The normalized spacial score (nSPS) is 17.9. The molecule has 142 valence electrons. The van der Waals surface area contributed by atoms with Crippen LogP contribution in [0, 0.1) is 19.3 Å².